The van der Waals surface area contributed by atoms with Gasteiger partial charge in [-0.15, -0.1) is 0 Å². The maximum absolute atomic E-state index is 12.5. The standard InChI is InChI=1S/C19H20N4O8S/c1-4-29-19(25)14-9(2)31-17-15(14)16(20)22-13(23-17)8-30-18(24)11-7-10(32(21,26)27)5-6-12(11)28-3/h5-7H,4,8H2,1-3H3,(H2,20,22,23)(H2,21,26,27). The molecule has 0 amide bonds. The third-order valence-corrected chi connectivity index (χ3v) is 5.24. The molecule has 2 aromatic heterocycles. The van der Waals surface area contributed by atoms with Crippen molar-refractivity contribution in [1.82, 2.24) is 9.97 Å². The molecule has 1 aromatic carbocycles. The Balaban J connectivity index is 1.88. The smallest absolute Gasteiger partial charge is 0.342 e. The lowest BCUT2D eigenvalue weighted by atomic mass is 10.2. The number of nitrogens with zero attached hydrogens (tertiary/aromatic N) is 2. The number of esters is 2. The second-order valence-electron chi connectivity index (χ2n) is 6.44. The second-order valence-corrected chi connectivity index (χ2v) is 8.00. The SMILES string of the molecule is CCOC(=O)c1c(C)oc2nc(COC(=O)c3cc(S(N)(=O)=O)ccc3OC)nc(N)c12. The van der Waals surface area contributed by atoms with E-state index in [-0.39, 0.29) is 56.9 Å². The van der Waals surface area contributed by atoms with Gasteiger partial charge in [0.1, 0.15) is 28.5 Å². The fraction of sp³-hybridized carbons (Fsp3) is 0.263. The molecule has 170 valence electrons. The van der Waals surface area contributed by atoms with Crippen LogP contribution >= 0.6 is 0 Å². The first kappa shape index (κ1) is 23.0. The maximum atomic E-state index is 12.5. The predicted molar refractivity (Wildman–Crippen MR) is 110 cm³/mol. The number of aromatic nitrogens is 2. The Morgan fingerprint density at radius 2 is 1.88 bits per heavy atom. The van der Waals surface area contributed by atoms with Crippen LogP contribution in [0.15, 0.2) is 27.5 Å². The molecule has 0 bridgehead atoms. The van der Waals surface area contributed by atoms with Crippen LogP contribution in [-0.4, -0.2) is 44.0 Å². The molecule has 32 heavy (non-hydrogen) atoms. The van der Waals surface area contributed by atoms with Gasteiger partial charge < -0.3 is 24.4 Å². The highest BCUT2D eigenvalue weighted by Crippen LogP contribution is 2.29. The highest BCUT2D eigenvalue weighted by atomic mass is 32.2. The first-order chi connectivity index (χ1) is 15.1. The van der Waals surface area contributed by atoms with Gasteiger partial charge in [0.15, 0.2) is 12.4 Å². The number of benzene rings is 1. The minimum Gasteiger partial charge on any atom is -0.496 e. The normalized spacial score (nSPS) is 11.4. The molecular formula is C19H20N4O8S. The lowest BCUT2D eigenvalue weighted by Gasteiger charge is -2.10. The highest BCUT2D eigenvalue weighted by molar-refractivity contribution is 7.89. The van der Waals surface area contributed by atoms with Crippen LogP contribution in [0.4, 0.5) is 5.82 Å². The van der Waals surface area contributed by atoms with Gasteiger partial charge in [-0.1, -0.05) is 0 Å². The second kappa shape index (κ2) is 8.80. The predicted octanol–water partition coefficient (Wildman–Crippen LogP) is 1.30. The summed E-state index contributed by atoms with van der Waals surface area (Å²) in [7, 11) is -2.74. The number of rotatable bonds is 7. The Kier molecular flexibility index (Phi) is 6.32. The van der Waals surface area contributed by atoms with E-state index in [1.165, 1.54) is 19.2 Å². The summed E-state index contributed by atoms with van der Waals surface area (Å²) in [6.07, 6.45) is 0. The van der Waals surface area contributed by atoms with Crippen molar-refractivity contribution >= 4 is 38.9 Å². The molecule has 0 aliphatic carbocycles. The Morgan fingerprint density at radius 1 is 1.16 bits per heavy atom. The van der Waals surface area contributed by atoms with Crippen LogP contribution in [0.1, 0.15) is 39.2 Å². The van der Waals surface area contributed by atoms with Crippen molar-refractivity contribution in [2.24, 2.45) is 5.14 Å². The molecule has 2 heterocycles. The van der Waals surface area contributed by atoms with E-state index in [9.17, 15) is 18.0 Å². The summed E-state index contributed by atoms with van der Waals surface area (Å²) in [5.41, 5.74) is 5.96. The molecule has 3 rings (SSSR count). The molecule has 0 unspecified atom stereocenters. The van der Waals surface area contributed by atoms with Gasteiger partial charge in [-0.05, 0) is 32.0 Å². The Hall–Kier alpha value is -3.71. The molecule has 4 N–H and O–H groups in total. The lowest BCUT2D eigenvalue weighted by Crippen LogP contribution is -2.15. The minimum atomic E-state index is -4.05. The number of furan rings is 1. The van der Waals surface area contributed by atoms with Gasteiger partial charge in [0.2, 0.25) is 15.7 Å². The summed E-state index contributed by atoms with van der Waals surface area (Å²) < 4.78 is 43.9. The van der Waals surface area contributed by atoms with E-state index in [1.807, 2.05) is 0 Å². The number of carbonyl (C=O) groups is 2. The number of nitrogens with two attached hydrogens (primary N) is 2. The number of hydrogen-bond donors (Lipinski definition) is 2. The number of carbonyl (C=O) groups excluding carboxylic acids is 2. The summed E-state index contributed by atoms with van der Waals surface area (Å²) in [4.78, 5) is 32.6. The molecule has 13 heteroatoms. The van der Waals surface area contributed by atoms with Gasteiger partial charge in [-0.2, -0.15) is 4.98 Å². The largest absolute Gasteiger partial charge is 0.496 e. The van der Waals surface area contributed by atoms with E-state index in [1.54, 1.807) is 13.8 Å². The third kappa shape index (κ3) is 4.48. The molecular weight excluding hydrogens is 444 g/mol. The molecule has 0 spiro atoms. The molecule has 0 radical (unpaired) electrons. The van der Waals surface area contributed by atoms with E-state index < -0.39 is 28.6 Å². The van der Waals surface area contributed by atoms with E-state index in [0.717, 1.165) is 6.07 Å². The first-order valence-corrected chi connectivity index (χ1v) is 10.7. The topological polar surface area (TPSA) is 187 Å². The first-order valence-electron chi connectivity index (χ1n) is 9.17. The van der Waals surface area contributed by atoms with Gasteiger partial charge >= 0.3 is 11.9 Å². The van der Waals surface area contributed by atoms with E-state index in [2.05, 4.69) is 9.97 Å². The fourth-order valence-electron chi connectivity index (χ4n) is 2.93. The monoisotopic (exact) mass is 464 g/mol. The number of methoxy groups -OCH3 is 1. The fourth-order valence-corrected chi connectivity index (χ4v) is 3.47. The number of hydrogen-bond acceptors (Lipinski definition) is 11. The molecule has 3 aromatic rings. The van der Waals surface area contributed by atoms with Gasteiger partial charge in [0.05, 0.1) is 24.0 Å². The molecule has 0 saturated carbocycles. The van der Waals surface area contributed by atoms with Crippen LogP contribution in [0.25, 0.3) is 11.1 Å². The van der Waals surface area contributed by atoms with Crippen LogP contribution in [0.3, 0.4) is 0 Å². The molecule has 0 aliphatic rings. The molecule has 0 fully saturated rings. The molecule has 12 nitrogen and oxygen atoms in total. The van der Waals surface area contributed by atoms with E-state index in [4.69, 9.17) is 29.5 Å². The van der Waals surface area contributed by atoms with Gasteiger partial charge in [-0.25, -0.2) is 28.1 Å². The lowest BCUT2D eigenvalue weighted by molar-refractivity contribution is 0.0457. The Morgan fingerprint density at radius 3 is 2.50 bits per heavy atom. The number of sulfonamides is 1. The quantitative estimate of drug-likeness (QED) is 0.480. The minimum absolute atomic E-state index is 0.00548. The molecule has 0 atom stereocenters. The Bertz CT molecular complexity index is 1320. The van der Waals surface area contributed by atoms with Gasteiger partial charge in [-0.3, -0.25) is 0 Å². The van der Waals surface area contributed by atoms with Crippen LogP contribution < -0.4 is 15.6 Å². The zero-order valence-electron chi connectivity index (χ0n) is 17.4. The van der Waals surface area contributed by atoms with Crippen molar-refractivity contribution in [2.75, 3.05) is 19.5 Å². The van der Waals surface area contributed by atoms with Crippen molar-refractivity contribution < 1.29 is 36.6 Å². The van der Waals surface area contributed by atoms with Crippen molar-refractivity contribution in [3.05, 3.63) is 40.9 Å². The number of ether oxygens (including phenoxy) is 3. The van der Waals surface area contributed by atoms with Gasteiger partial charge in [0.25, 0.3) is 0 Å². The summed E-state index contributed by atoms with van der Waals surface area (Å²) in [5, 5.41) is 5.30. The summed E-state index contributed by atoms with van der Waals surface area (Å²) in [6.45, 7) is 2.96. The zero-order valence-corrected chi connectivity index (χ0v) is 18.2. The zero-order chi connectivity index (χ0) is 23.6. The average Bonchev–Trinajstić information content (AvgIpc) is 3.07. The number of anilines is 1. The van der Waals surface area contributed by atoms with Crippen molar-refractivity contribution in [1.29, 1.82) is 0 Å². The maximum Gasteiger partial charge on any atom is 0.342 e. The number of nitrogen functional groups attached to an aromatic ring is 1. The average molecular weight is 464 g/mol. The number of aryl methyl sites for hydroxylation is 1. The van der Waals surface area contributed by atoms with Gasteiger partial charge in [0, 0.05) is 0 Å². The van der Waals surface area contributed by atoms with Crippen molar-refractivity contribution in [3.8, 4) is 5.75 Å². The van der Waals surface area contributed by atoms with Crippen molar-refractivity contribution in [3.63, 3.8) is 0 Å². The number of fused-ring (bicyclic) bond motifs is 1. The van der Waals surface area contributed by atoms with E-state index in [0.29, 0.717) is 0 Å². The Labute approximate surface area is 182 Å². The van der Waals surface area contributed by atoms with Crippen LogP contribution in [-0.2, 0) is 26.1 Å². The summed E-state index contributed by atoms with van der Waals surface area (Å²) in [6, 6.07) is 3.51. The van der Waals surface area contributed by atoms with Crippen LogP contribution in [0.2, 0.25) is 0 Å². The number of primary sulfonamides is 1. The van der Waals surface area contributed by atoms with Crippen molar-refractivity contribution in [2.45, 2.75) is 25.3 Å². The van der Waals surface area contributed by atoms with Crippen LogP contribution in [0.5, 0.6) is 5.75 Å². The molecule has 0 aliphatic heterocycles. The summed E-state index contributed by atoms with van der Waals surface area (Å²) in [5.74, 6) is -1.27. The van der Waals surface area contributed by atoms with E-state index >= 15 is 0 Å². The third-order valence-electron chi connectivity index (χ3n) is 4.33. The summed E-state index contributed by atoms with van der Waals surface area (Å²) >= 11 is 0. The molecule has 0 saturated heterocycles. The van der Waals surface area contributed by atoms with Crippen LogP contribution in [0, 0.1) is 6.92 Å². The highest BCUT2D eigenvalue weighted by Gasteiger charge is 2.24.